The van der Waals surface area contributed by atoms with E-state index in [1.165, 1.54) is 0 Å². The Kier molecular flexibility index (Phi) is 5.18. The van der Waals surface area contributed by atoms with Crippen LogP contribution in [0.5, 0.6) is 0 Å². The molecule has 2 heterocycles. The molecule has 5 nitrogen and oxygen atoms in total. The van der Waals surface area contributed by atoms with Crippen LogP contribution in [0.3, 0.4) is 0 Å². The van der Waals surface area contributed by atoms with Crippen molar-refractivity contribution in [3.8, 4) is 0 Å². The predicted molar refractivity (Wildman–Crippen MR) is 98.6 cm³/mol. The molecule has 25 heavy (non-hydrogen) atoms. The van der Waals surface area contributed by atoms with Gasteiger partial charge in [0.15, 0.2) is 0 Å². The second-order valence-corrected chi connectivity index (χ2v) is 7.97. The lowest BCUT2D eigenvalue weighted by atomic mass is 9.97. The first-order valence-electron chi connectivity index (χ1n) is 8.52. The lowest BCUT2D eigenvalue weighted by Gasteiger charge is -2.16. The van der Waals surface area contributed by atoms with Gasteiger partial charge in [-0.25, -0.2) is 4.98 Å². The van der Waals surface area contributed by atoms with Gasteiger partial charge < -0.3 is 10.6 Å². The number of rotatable bonds is 5. The normalized spacial score (nSPS) is 17.0. The van der Waals surface area contributed by atoms with Gasteiger partial charge in [-0.15, -0.1) is 11.3 Å². The highest BCUT2D eigenvalue weighted by Gasteiger charge is 2.27. The molecule has 0 aliphatic carbocycles. The number of benzene rings is 1. The van der Waals surface area contributed by atoms with Crippen molar-refractivity contribution in [3.63, 3.8) is 0 Å². The lowest BCUT2D eigenvalue weighted by molar-refractivity contribution is -0.129. The van der Waals surface area contributed by atoms with Crippen molar-refractivity contribution in [2.24, 2.45) is 11.7 Å². The minimum atomic E-state index is -0.403. The number of hydrogen-bond donors (Lipinski definition) is 1. The molecule has 1 aromatic heterocycles. The minimum Gasteiger partial charge on any atom is -0.366 e. The third-order valence-corrected chi connectivity index (χ3v) is 5.76. The molecular weight excluding hydrogens is 334 g/mol. The van der Waals surface area contributed by atoms with E-state index in [-0.39, 0.29) is 5.91 Å². The number of nitrogens with zero attached hydrogens (tertiary/aromatic N) is 2. The SMILES string of the molecule is Cc1nc(C)c(CC(=O)N2CC[C@@H](Cc3cccc(C(N)=O)c3)C2)s1. The van der Waals surface area contributed by atoms with Gasteiger partial charge in [0.1, 0.15) is 0 Å². The predicted octanol–water partition coefficient (Wildman–Crippen LogP) is 2.49. The number of hydrogen-bond acceptors (Lipinski definition) is 4. The number of primary amides is 1. The number of nitrogens with two attached hydrogens (primary N) is 1. The molecule has 0 radical (unpaired) electrons. The Morgan fingerprint density at radius 3 is 2.84 bits per heavy atom. The largest absolute Gasteiger partial charge is 0.366 e. The molecule has 1 saturated heterocycles. The van der Waals surface area contributed by atoms with Crippen molar-refractivity contribution >= 4 is 23.2 Å². The fraction of sp³-hybridized carbons (Fsp3) is 0.421. The fourth-order valence-electron chi connectivity index (χ4n) is 3.40. The van der Waals surface area contributed by atoms with Crippen molar-refractivity contribution in [3.05, 3.63) is 51.0 Å². The van der Waals surface area contributed by atoms with Crippen LogP contribution in [0.2, 0.25) is 0 Å². The number of thiazole rings is 1. The Morgan fingerprint density at radius 2 is 2.16 bits per heavy atom. The third kappa shape index (κ3) is 4.25. The Bertz CT molecular complexity index is 800. The van der Waals surface area contributed by atoms with Gasteiger partial charge in [0, 0.05) is 23.5 Å². The van der Waals surface area contributed by atoms with E-state index in [4.69, 9.17) is 5.73 Å². The summed E-state index contributed by atoms with van der Waals surface area (Å²) in [5.74, 6) is 0.205. The molecule has 1 fully saturated rings. The van der Waals surface area contributed by atoms with Gasteiger partial charge in [0.05, 0.1) is 17.1 Å². The molecule has 0 saturated carbocycles. The van der Waals surface area contributed by atoms with Gasteiger partial charge in [0.2, 0.25) is 11.8 Å². The number of aromatic nitrogens is 1. The number of amides is 2. The smallest absolute Gasteiger partial charge is 0.248 e. The molecule has 0 spiro atoms. The van der Waals surface area contributed by atoms with Crippen LogP contribution in [-0.4, -0.2) is 34.8 Å². The van der Waals surface area contributed by atoms with Crippen molar-refractivity contribution in [2.75, 3.05) is 13.1 Å². The van der Waals surface area contributed by atoms with E-state index in [1.807, 2.05) is 36.9 Å². The minimum absolute atomic E-state index is 0.181. The van der Waals surface area contributed by atoms with Crippen molar-refractivity contribution < 1.29 is 9.59 Å². The number of aryl methyl sites for hydroxylation is 2. The maximum Gasteiger partial charge on any atom is 0.248 e. The summed E-state index contributed by atoms with van der Waals surface area (Å²) in [5, 5.41) is 1.01. The lowest BCUT2D eigenvalue weighted by Crippen LogP contribution is -2.30. The fourth-order valence-corrected chi connectivity index (χ4v) is 4.33. The molecule has 3 rings (SSSR count). The molecular formula is C19H23N3O2S. The zero-order valence-electron chi connectivity index (χ0n) is 14.6. The number of carbonyl (C=O) groups excluding carboxylic acids is 2. The van der Waals surface area contributed by atoms with Crippen LogP contribution in [0.25, 0.3) is 0 Å². The zero-order chi connectivity index (χ0) is 18.0. The summed E-state index contributed by atoms with van der Waals surface area (Å²) in [6.45, 7) is 5.51. The van der Waals surface area contributed by atoms with Gasteiger partial charge in [0.25, 0.3) is 0 Å². The van der Waals surface area contributed by atoms with Crippen LogP contribution in [0, 0.1) is 19.8 Å². The van der Waals surface area contributed by atoms with E-state index in [1.54, 1.807) is 17.4 Å². The summed E-state index contributed by atoms with van der Waals surface area (Å²) in [6, 6.07) is 7.47. The van der Waals surface area contributed by atoms with Gasteiger partial charge in [-0.1, -0.05) is 12.1 Å². The molecule has 0 bridgehead atoms. The third-order valence-electron chi connectivity index (χ3n) is 4.69. The maximum absolute atomic E-state index is 12.6. The van der Waals surface area contributed by atoms with E-state index in [9.17, 15) is 9.59 Å². The first-order chi connectivity index (χ1) is 11.9. The summed E-state index contributed by atoms with van der Waals surface area (Å²) in [6.07, 6.45) is 2.30. The molecule has 1 atom stereocenters. The van der Waals surface area contributed by atoms with Crippen molar-refractivity contribution in [1.82, 2.24) is 9.88 Å². The summed E-state index contributed by atoms with van der Waals surface area (Å²) in [7, 11) is 0. The molecule has 132 valence electrons. The summed E-state index contributed by atoms with van der Waals surface area (Å²) >= 11 is 1.61. The highest BCUT2D eigenvalue weighted by molar-refractivity contribution is 7.11. The van der Waals surface area contributed by atoms with Crippen LogP contribution in [0.15, 0.2) is 24.3 Å². The number of carbonyl (C=O) groups is 2. The Balaban J connectivity index is 1.58. The first kappa shape index (κ1) is 17.6. The van der Waals surface area contributed by atoms with E-state index in [2.05, 4.69) is 4.98 Å². The molecule has 0 unspecified atom stereocenters. The zero-order valence-corrected chi connectivity index (χ0v) is 15.4. The standard InChI is InChI=1S/C19H23N3O2S/c1-12-17(25-13(2)21-12)10-18(23)22-7-6-15(11-22)8-14-4-3-5-16(9-14)19(20)24/h3-5,9,15H,6-8,10-11H2,1-2H3,(H2,20,24)/t15-/m0/s1. The molecule has 6 heteroatoms. The van der Waals surface area contributed by atoms with Gasteiger partial charge >= 0.3 is 0 Å². The van der Waals surface area contributed by atoms with Crippen LogP contribution in [-0.2, 0) is 17.6 Å². The highest BCUT2D eigenvalue weighted by Crippen LogP contribution is 2.24. The second kappa shape index (κ2) is 7.35. The van der Waals surface area contributed by atoms with E-state index in [0.29, 0.717) is 17.9 Å². The summed E-state index contributed by atoms with van der Waals surface area (Å²) in [5.41, 5.74) is 7.95. The van der Waals surface area contributed by atoms with E-state index in [0.717, 1.165) is 47.1 Å². The average molecular weight is 357 g/mol. The molecule has 1 aromatic carbocycles. The van der Waals surface area contributed by atoms with Gasteiger partial charge in [-0.2, -0.15) is 0 Å². The van der Waals surface area contributed by atoms with Crippen molar-refractivity contribution in [2.45, 2.75) is 33.1 Å². The summed E-state index contributed by atoms with van der Waals surface area (Å²) < 4.78 is 0. The quantitative estimate of drug-likeness (QED) is 0.893. The molecule has 2 aromatic rings. The molecule has 2 N–H and O–H groups in total. The monoisotopic (exact) mass is 357 g/mol. The maximum atomic E-state index is 12.6. The molecule has 2 amide bonds. The van der Waals surface area contributed by atoms with Crippen LogP contribution in [0.4, 0.5) is 0 Å². The molecule has 1 aliphatic heterocycles. The van der Waals surface area contributed by atoms with Crippen LogP contribution >= 0.6 is 11.3 Å². The van der Waals surface area contributed by atoms with Gasteiger partial charge in [-0.05, 0) is 50.3 Å². The Labute approximate surface area is 151 Å². The summed E-state index contributed by atoms with van der Waals surface area (Å²) in [4.78, 5) is 31.3. The van der Waals surface area contributed by atoms with Crippen LogP contribution < -0.4 is 5.73 Å². The van der Waals surface area contributed by atoms with Crippen molar-refractivity contribution in [1.29, 1.82) is 0 Å². The van der Waals surface area contributed by atoms with E-state index < -0.39 is 5.91 Å². The first-order valence-corrected chi connectivity index (χ1v) is 9.33. The Morgan fingerprint density at radius 1 is 1.36 bits per heavy atom. The topological polar surface area (TPSA) is 76.3 Å². The number of likely N-dealkylation sites (tertiary alicyclic amines) is 1. The van der Waals surface area contributed by atoms with E-state index >= 15 is 0 Å². The van der Waals surface area contributed by atoms with Gasteiger partial charge in [-0.3, -0.25) is 9.59 Å². The highest BCUT2D eigenvalue weighted by atomic mass is 32.1. The average Bonchev–Trinajstić information content (AvgIpc) is 3.14. The van der Waals surface area contributed by atoms with Crippen LogP contribution in [0.1, 0.15) is 37.9 Å². The Hall–Kier alpha value is -2.21. The molecule has 1 aliphatic rings. The second-order valence-electron chi connectivity index (χ2n) is 6.68.